The molecule has 1 atom stereocenters. The number of para-hydroxylation sites is 1. The third-order valence-corrected chi connectivity index (χ3v) is 4.21. The molecule has 7 heteroatoms. The van der Waals surface area contributed by atoms with Gasteiger partial charge in [0.1, 0.15) is 11.5 Å². The molecule has 0 bridgehead atoms. The van der Waals surface area contributed by atoms with E-state index in [-0.39, 0.29) is 16.9 Å². The second kappa shape index (κ2) is 6.40. The Hall–Kier alpha value is -2.96. The summed E-state index contributed by atoms with van der Waals surface area (Å²) >= 11 is 0. The number of hydrogen-bond acceptors (Lipinski definition) is 3. The van der Waals surface area contributed by atoms with E-state index in [1.54, 1.807) is 18.2 Å². The van der Waals surface area contributed by atoms with Crippen LogP contribution in [-0.4, -0.2) is 30.0 Å². The van der Waals surface area contributed by atoms with Gasteiger partial charge in [-0.25, -0.2) is 4.79 Å². The van der Waals surface area contributed by atoms with E-state index >= 15 is 0 Å². The van der Waals surface area contributed by atoms with Crippen LogP contribution in [0.3, 0.4) is 0 Å². The molecule has 26 heavy (non-hydrogen) atoms. The molecule has 0 spiro atoms. The minimum absolute atomic E-state index is 0.0160. The summed E-state index contributed by atoms with van der Waals surface area (Å²) in [4.78, 5) is 11.7. The Kier molecular flexibility index (Phi) is 4.39. The summed E-state index contributed by atoms with van der Waals surface area (Å²) in [7, 11) is 1.40. The standard InChI is InChI=1S/C19H15F3O4/c1-25-14-7-4-5-12(9-14)11-18(19(20,21)22)15(17(23)24)10-13-6-2-3-8-16(13)26-18/h2-10H,11H2,1H3,(H,23,24). The van der Waals surface area contributed by atoms with Crippen molar-refractivity contribution in [3.63, 3.8) is 0 Å². The van der Waals surface area contributed by atoms with Crippen LogP contribution in [0.2, 0.25) is 0 Å². The van der Waals surface area contributed by atoms with Crippen molar-refractivity contribution in [1.82, 2.24) is 0 Å². The highest BCUT2D eigenvalue weighted by Gasteiger charge is 2.63. The molecule has 2 aromatic carbocycles. The van der Waals surface area contributed by atoms with Crippen molar-refractivity contribution < 1.29 is 32.5 Å². The van der Waals surface area contributed by atoms with Crippen molar-refractivity contribution in [3.05, 3.63) is 65.2 Å². The number of hydrogen-bond donors (Lipinski definition) is 1. The molecule has 136 valence electrons. The molecule has 1 unspecified atom stereocenters. The normalized spacial score (nSPS) is 19.2. The molecular formula is C19H15F3O4. The molecule has 1 heterocycles. The lowest BCUT2D eigenvalue weighted by Crippen LogP contribution is -2.56. The van der Waals surface area contributed by atoms with E-state index in [4.69, 9.17) is 9.47 Å². The lowest BCUT2D eigenvalue weighted by Gasteiger charge is -2.39. The number of carboxylic acids is 1. The topological polar surface area (TPSA) is 55.8 Å². The van der Waals surface area contributed by atoms with Gasteiger partial charge in [-0.1, -0.05) is 30.3 Å². The van der Waals surface area contributed by atoms with Crippen molar-refractivity contribution in [2.24, 2.45) is 0 Å². The maximum atomic E-state index is 14.1. The van der Waals surface area contributed by atoms with Gasteiger partial charge in [0.05, 0.1) is 12.7 Å². The van der Waals surface area contributed by atoms with Crippen molar-refractivity contribution in [3.8, 4) is 11.5 Å². The number of methoxy groups -OCH3 is 1. The number of carboxylic acid groups (broad SMARTS) is 1. The highest BCUT2D eigenvalue weighted by molar-refractivity contribution is 5.96. The average Bonchev–Trinajstić information content (AvgIpc) is 2.60. The molecule has 0 fully saturated rings. The number of benzene rings is 2. The van der Waals surface area contributed by atoms with E-state index in [1.165, 1.54) is 37.4 Å². The van der Waals surface area contributed by atoms with Gasteiger partial charge in [-0.2, -0.15) is 13.2 Å². The second-order valence-corrected chi connectivity index (χ2v) is 5.86. The van der Waals surface area contributed by atoms with Gasteiger partial charge in [0, 0.05) is 12.0 Å². The largest absolute Gasteiger partial charge is 0.497 e. The number of aliphatic carboxylic acids is 1. The summed E-state index contributed by atoms with van der Waals surface area (Å²) in [6.07, 6.45) is -4.62. The first-order valence-electron chi connectivity index (χ1n) is 7.70. The highest BCUT2D eigenvalue weighted by Crippen LogP contribution is 2.47. The number of halogens is 3. The van der Waals surface area contributed by atoms with Gasteiger partial charge in [0.2, 0.25) is 5.60 Å². The zero-order valence-electron chi connectivity index (χ0n) is 13.7. The molecule has 1 aliphatic rings. The van der Waals surface area contributed by atoms with E-state index in [2.05, 4.69) is 0 Å². The lowest BCUT2D eigenvalue weighted by atomic mass is 9.82. The van der Waals surface area contributed by atoms with Crippen LogP contribution in [0, 0.1) is 0 Å². The summed E-state index contributed by atoms with van der Waals surface area (Å²) in [6, 6.07) is 12.1. The Morgan fingerprint density at radius 3 is 2.58 bits per heavy atom. The van der Waals surface area contributed by atoms with Crippen LogP contribution in [0.4, 0.5) is 13.2 Å². The third-order valence-electron chi connectivity index (χ3n) is 4.21. The third kappa shape index (κ3) is 3.00. The van der Waals surface area contributed by atoms with Gasteiger partial charge in [-0.05, 0) is 29.8 Å². The van der Waals surface area contributed by atoms with Crippen LogP contribution in [-0.2, 0) is 11.2 Å². The van der Waals surface area contributed by atoms with Gasteiger partial charge in [0.15, 0.2) is 0 Å². The maximum absolute atomic E-state index is 14.1. The molecule has 0 aromatic heterocycles. The number of alkyl halides is 3. The Labute approximate surface area is 147 Å². The first kappa shape index (κ1) is 17.8. The predicted molar refractivity (Wildman–Crippen MR) is 88.2 cm³/mol. The summed E-state index contributed by atoms with van der Waals surface area (Å²) in [5, 5.41) is 9.47. The Morgan fingerprint density at radius 2 is 1.92 bits per heavy atom. The van der Waals surface area contributed by atoms with Crippen molar-refractivity contribution in [2.75, 3.05) is 7.11 Å². The van der Waals surface area contributed by atoms with Gasteiger partial charge < -0.3 is 14.6 Å². The fourth-order valence-corrected chi connectivity index (χ4v) is 2.95. The van der Waals surface area contributed by atoms with Crippen LogP contribution in [0.5, 0.6) is 11.5 Å². The van der Waals surface area contributed by atoms with Gasteiger partial charge >= 0.3 is 12.1 Å². The van der Waals surface area contributed by atoms with Crippen molar-refractivity contribution >= 4 is 12.0 Å². The summed E-state index contributed by atoms with van der Waals surface area (Å²) in [6.45, 7) is 0. The van der Waals surface area contributed by atoms with Crippen LogP contribution >= 0.6 is 0 Å². The quantitative estimate of drug-likeness (QED) is 0.888. The zero-order chi connectivity index (χ0) is 18.9. The van der Waals surface area contributed by atoms with Gasteiger partial charge in [0.25, 0.3) is 0 Å². The smallest absolute Gasteiger partial charge is 0.433 e. The number of carbonyl (C=O) groups is 1. The molecule has 2 aromatic rings. The van der Waals surface area contributed by atoms with Gasteiger partial charge in [-0.3, -0.25) is 0 Å². The Bertz CT molecular complexity index is 873. The van der Waals surface area contributed by atoms with E-state index < -0.39 is 29.7 Å². The fraction of sp³-hybridized carbons (Fsp3) is 0.211. The molecule has 0 saturated carbocycles. The van der Waals surface area contributed by atoms with E-state index in [1.807, 2.05) is 0 Å². The minimum Gasteiger partial charge on any atom is -0.497 e. The molecule has 1 N–H and O–H groups in total. The first-order chi connectivity index (χ1) is 12.3. The van der Waals surface area contributed by atoms with Crippen LogP contribution in [0.1, 0.15) is 11.1 Å². The molecule has 3 rings (SSSR count). The van der Waals surface area contributed by atoms with Crippen molar-refractivity contribution in [1.29, 1.82) is 0 Å². The lowest BCUT2D eigenvalue weighted by molar-refractivity contribution is -0.235. The Balaban J connectivity index is 2.17. The second-order valence-electron chi connectivity index (χ2n) is 5.86. The Morgan fingerprint density at radius 1 is 1.19 bits per heavy atom. The van der Waals surface area contributed by atoms with E-state index in [0.29, 0.717) is 5.75 Å². The molecule has 0 amide bonds. The molecule has 4 nitrogen and oxygen atoms in total. The monoisotopic (exact) mass is 364 g/mol. The van der Waals surface area contributed by atoms with E-state index in [9.17, 15) is 23.1 Å². The number of fused-ring (bicyclic) bond motifs is 1. The van der Waals surface area contributed by atoms with Gasteiger partial charge in [-0.15, -0.1) is 0 Å². The molecular weight excluding hydrogens is 349 g/mol. The van der Waals surface area contributed by atoms with Crippen LogP contribution in [0.15, 0.2) is 54.1 Å². The van der Waals surface area contributed by atoms with Crippen LogP contribution < -0.4 is 9.47 Å². The van der Waals surface area contributed by atoms with E-state index in [0.717, 1.165) is 6.08 Å². The summed E-state index contributed by atoms with van der Waals surface area (Å²) in [5.41, 5.74) is -3.32. The SMILES string of the molecule is COc1cccc(CC2(C(F)(F)F)Oc3ccccc3C=C2C(=O)O)c1. The number of rotatable bonds is 4. The molecule has 0 radical (unpaired) electrons. The summed E-state index contributed by atoms with van der Waals surface area (Å²) in [5.74, 6) is -1.32. The highest BCUT2D eigenvalue weighted by atomic mass is 19.4. The number of ether oxygens (including phenoxy) is 2. The predicted octanol–water partition coefficient (Wildman–Crippen LogP) is 4.10. The average molecular weight is 364 g/mol. The van der Waals surface area contributed by atoms with Crippen LogP contribution in [0.25, 0.3) is 6.08 Å². The molecule has 0 saturated heterocycles. The zero-order valence-corrected chi connectivity index (χ0v) is 13.7. The first-order valence-corrected chi connectivity index (χ1v) is 7.70. The minimum atomic E-state index is -4.95. The van der Waals surface area contributed by atoms with Crippen molar-refractivity contribution in [2.45, 2.75) is 18.2 Å². The molecule has 0 aliphatic carbocycles. The maximum Gasteiger partial charge on any atom is 0.433 e. The fourth-order valence-electron chi connectivity index (χ4n) is 2.95. The molecule has 1 aliphatic heterocycles. The summed E-state index contributed by atoms with van der Waals surface area (Å²) < 4.78 is 52.7.